The van der Waals surface area contributed by atoms with Crippen molar-refractivity contribution in [1.29, 1.82) is 0 Å². The van der Waals surface area contributed by atoms with Gasteiger partial charge in [0, 0.05) is 32.3 Å². The van der Waals surface area contributed by atoms with E-state index in [4.69, 9.17) is 0 Å². The van der Waals surface area contributed by atoms with Gasteiger partial charge in [0.2, 0.25) is 0 Å². The second-order valence-electron chi connectivity index (χ2n) is 6.48. The summed E-state index contributed by atoms with van der Waals surface area (Å²) < 4.78 is 43.7. The summed E-state index contributed by atoms with van der Waals surface area (Å²) in [6.45, 7) is 3.86. The molecule has 0 radical (unpaired) electrons. The third-order valence-electron chi connectivity index (χ3n) is 5.30. The van der Waals surface area contributed by atoms with Gasteiger partial charge in [0.05, 0.1) is 13.1 Å². The number of carbonyl (C=O) groups is 1. The Morgan fingerprint density at radius 1 is 1.23 bits per heavy atom. The summed E-state index contributed by atoms with van der Waals surface area (Å²) in [7, 11) is 1.05. The number of nitrogens with zero attached hydrogens (tertiary/aromatic N) is 3. The Morgan fingerprint density at radius 2 is 1.77 bits per heavy atom. The molecule has 3 saturated heterocycles. The maximum Gasteiger partial charge on any atom is 0.420 e. The van der Waals surface area contributed by atoms with Gasteiger partial charge in [-0.1, -0.05) is 6.92 Å². The number of carbonyl (C=O) groups excluding carboxylic acids is 1. The van der Waals surface area contributed by atoms with Crippen molar-refractivity contribution < 1.29 is 22.7 Å². The second-order valence-corrected chi connectivity index (χ2v) is 6.48. The topological polar surface area (TPSA) is 36.0 Å². The molecule has 22 heavy (non-hydrogen) atoms. The number of piperazine rings is 1. The van der Waals surface area contributed by atoms with Crippen LogP contribution in [0.25, 0.3) is 0 Å². The van der Waals surface area contributed by atoms with Crippen molar-refractivity contribution in [2.24, 2.45) is 0 Å². The predicted molar refractivity (Wildman–Crippen MR) is 73.5 cm³/mol. The number of rotatable bonds is 2. The third-order valence-corrected chi connectivity index (χ3v) is 5.30. The van der Waals surface area contributed by atoms with E-state index in [1.807, 2.05) is 4.90 Å². The van der Waals surface area contributed by atoms with Crippen LogP contribution in [0.5, 0.6) is 0 Å². The summed E-state index contributed by atoms with van der Waals surface area (Å²) in [4.78, 5) is 18.0. The van der Waals surface area contributed by atoms with E-state index in [9.17, 15) is 18.0 Å². The number of likely N-dealkylation sites (N-methyl/N-ethyl adjacent to an activating group) is 1. The summed E-state index contributed by atoms with van der Waals surface area (Å²) in [5.74, 6) is 0. The van der Waals surface area contributed by atoms with Crippen LogP contribution >= 0.6 is 0 Å². The fourth-order valence-corrected chi connectivity index (χ4v) is 3.85. The second kappa shape index (κ2) is 5.26. The van der Waals surface area contributed by atoms with Gasteiger partial charge in [0.25, 0.3) is 0 Å². The van der Waals surface area contributed by atoms with Crippen molar-refractivity contribution in [3.63, 3.8) is 0 Å². The van der Waals surface area contributed by atoms with Crippen LogP contribution in [0.15, 0.2) is 0 Å². The van der Waals surface area contributed by atoms with E-state index in [2.05, 4.69) is 16.6 Å². The highest BCUT2D eigenvalue weighted by Crippen LogP contribution is 2.42. The molecule has 3 aliphatic rings. The van der Waals surface area contributed by atoms with Gasteiger partial charge in [-0.05, 0) is 19.4 Å². The molecule has 0 saturated carbocycles. The average Bonchev–Trinajstić information content (AvgIpc) is 2.66. The minimum absolute atomic E-state index is 0.134. The molecule has 0 N–H and O–H groups in total. The normalized spacial score (nSPS) is 31.3. The summed E-state index contributed by atoms with van der Waals surface area (Å²) in [5.41, 5.74) is -2.19. The average molecular weight is 321 g/mol. The van der Waals surface area contributed by atoms with Crippen LogP contribution in [0, 0.1) is 0 Å². The minimum atomic E-state index is -4.45. The molecule has 0 aromatic heterocycles. The van der Waals surface area contributed by atoms with E-state index in [1.54, 1.807) is 0 Å². The van der Waals surface area contributed by atoms with Crippen LogP contribution in [0.1, 0.15) is 19.8 Å². The maximum atomic E-state index is 13.0. The van der Waals surface area contributed by atoms with E-state index in [0.717, 1.165) is 39.6 Å². The molecular weight excluding hydrogens is 299 g/mol. The SMILES string of the molecule is CCN1CC2CCC(C1)N2C(=O)N1CC(OC)(C(F)(F)F)C1. The van der Waals surface area contributed by atoms with Crippen molar-refractivity contribution in [1.82, 2.24) is 14.7 Å². The summed E-state index contributed by atoms with van der Waals surface area (Å²) in [5, 5.41) is 0. The zero-order chi connectivity index (χ0) is 16.1. The summed E-state index contributed by atoms with van der Waals surface area (Å²) in [6, 6.07) is 0.00411. The molecule has 3 fully saturated rings. The minimum Gasteiger partial charge on any atom is -0.365 e. The van der Waals surface area contributed by atoms with Crippen LogP contribution in [0.4, 0.5) is 18.0 Å². The van der Waals surface area contributed by atoms with Gasteiger partial charge >= 0.3 is 12.2 Å². The number of urea groups is 1. The monoisotopic (exact) mass is 321 g/mol. The van der Waals surface area contributed by atoms with Gasteiger partial charge in [-0.25, -0.2) is 4.79 Å². The number of fused-ring (bicyclic) bond motifs is 2. The lowest BCUT2D eigenvalue weighted by atomic mass is 9.93. The Balaban J connectivity index is 1.65. The molecular formula is C14H22F3N3O2. The molecule has 0 aliphatic carbocycles. The Labute approximate surface area is 128 Å². The summed E-state index contributed by atoms with van der Waals surface area (Å²) >= 11 is 0. The first-order valence-corrected chi connectivity index (χ1v) is 7.73. The Morgan fingerprint density at radius 3 is 2.18 bits per heavy atom. The standard InChI is InChI=1S/C14H22F3N3O2/c1-3-18-6-10-4-5-11(7-18)20(10)12(21)19-8-13(9-19,22-2)14(15,16)17/h10-11H,3-9H2,1-2H3. The van der Waals surface area contributed by atoms with Crippen molar-refractivity contribution in [2.45, 2.75) is 43.6 Å². The lowest BCUT2D eigenvalue weighted by molar-refractivity contribution is -0.304. The molecule has 8 heteroatoms. The van der Waals surface area contributed by atoms with E-state index in [1.165, 1.54) is 4.90 Å². The Bertz CT molecular complexity index is 437. The van der Waals surface area contributed by atoms with Gasteiger partial charge in [-0.3, -0.25) is 4.90 Å². The van der Waals surface area contributed by atoms with Crippen LogP contribution in [0.3, 0.4) is 0 Å². The van der Waals surface area contributed by atoms with E-state index in [0.29, 0.717) is 0 Å². The van der Waals surface area contributed by atoms with Crippen LogP contribution in [0.2, 0.25) is 0 Å². The molecule has 2 amide bonds. The number of hydrogen-bond donors (Lipinski definition) is 0. The molecule has 5 nitrogen and oxygen atoms in total. The fourth-order valence-electron chi connectivity index (χ4n) is 3.85. The first-order valence-electron chi connectivity index (χ1n) is 7.73. The number of halogens is 3. The quantitative estimate of drug-likeness (QED) is 0.774. The van der Waals surface area contributed by atoms with Crippen molar-refractivity contribution in [3.05, 3.63) is 0 Å². The largest absolute Gasteiger partial charge is 0.420 e. The molecule has 3 rings (SSSR count). The molecule has 3 aliphatic heterocycles. The van der Waals surface area contributed by atoms with E-state index < -0.39 is 24.9 Å². The van der Waals surface area contributed by atoms with Crippen molar-refractivity contribution >= 4 is 6.03 Å². The lowest BCUT2D eigenvalue weighted by Gasteiger charge is -2.52. The van der Waals surface area contributed by atoms with Gasteiger partial charge in [0.1, 0.15) is 0 Å². The lowest BCUT2D eigenvalue weighted by Crippen LogP contribution is -2.73. The molecule has 126 valence electrons. The van der Waals surface area contributed by atoms with Crippen LogP contribution < -0.4 is 0 Å². The zero-order valence-electron chi connectivity index (χ0n) is 12.9. The molecule has 2 bridgehead atoms. The Kier molecular flexibility index (Phi) is 3.79. The van der Waals surface area contributed by atoms with Crippen LogP contribution in [-0.2, 0) is 4.74 Å². The van der Waals surface area contributed by atoms with Gasteiger partial charge in [0.15, 0.2) is 5.60 Å². The molecule has 0 aromatic rings. The predicted octanol–water partition coefficient (Wildman–Crippen LogP) is 1.54. The van der Waals surface area contributed by atoms with Gasteiger partial charge in [-0.2, -0.15) is 13.2 Å². The van der Waals surface area contributed by atoms with Crippen molar-refractivity contribution in [3.8, 4) is 0 Å². The zero-order valence-corrected chi connectivity index (χ0v) is 12.9. The number of amides is 2. The molecule has 0 aromatic carbocycles. The highest BCUT2D eigenvalue weighted by atomic mass is 19.4. The Hall–Kier alpha value is -1.02. The van der Waals surface area contributed by atoms with E-state index >= 15 is 0 Å². The maximum absolute atomic E-state index is 13.0. The van der Waals surface area contributed by atoms with Gasteiger partial charge < -0.3 is 14.5 Å². The highest BCUT2D eigenvalue weighted by molar-refractivity contribution is 5.77. The molecule has 0 spiro atoms. The number of methoxy groups -OCH3 is 1. The molecule has 2 atom stereocenters. The molecule has 3 heterocycles. The highest BCUT2D eigenvalue weighted by Gasteiger charge is 2.64. The number of likely N-dealkylation sites (tertiary alicyclic amines) is 2. The fraction of sp³-hybridized carbons (Fsp3) is 0.929. The smallest absolute Gasteiger partial charge is 0.365 e. The van der Waals surface area contributed by atoms with Crippen LogP contribution in [-0.4, -0.2) is 84.4 Å². The van der Waals surface area contributed by atoms with Crippen molar-refractivity contribution in [2.75, 3.05) is 39.8 Å². The number of hydrogen-bond acceptors (Lipinski definition) is 3. The number of ether oxygens (including phenoxy) is 1. The molecule has 2 unspecified atom stereocenters. The van der Waals surface area contributed by atoms with E-state index in [-0.39, 0.29) is 18.1 Å². The first kappa shape index (κ1) is 15.9. The first-order chi connectivity index (χ1) is 10.3. The van der Waals surface area contributed by atoms with Gasteiger partial charge in [-0.15, -0.1) is 0 Å². The third kappa shape index (κ3) is 2.27. The number of alkyl halides is 3. The summed E-state index contributed by atoms with van der Waals surface area (Å²) in [6.07, 6.45) is -2.57.